The standard InChI is InChI=1S/C14H18Cl2N2O2/c15-10-4-3-5-11(16)13(10)18-12(20)8-17-14(9-19)6-1-2-7-14/h3-5,17,19H,1-2,6-9H2,(H,18,20). The number of carbonyl (C=O) groups is 1. The van der Waals surface area contributed by atoms with Crippen LogP contribution in [0.15, 0.2) is 18.2 Å². The predicted molar refractivity (Wildman–Crippen MR) is 81.4 cm³/mol. The molecule has 110 valence electrons. The van der Waals surface area contributed by atoms with Crippen LogP contribution in [0.3, 0.4) is 0 Å². The highest BCUT2D eigenvalue weighted by Gasteiger charge is 2.32. The minimum atomic E-state index is -0.318. The van der Waals surface area contributed by atoms with Gasteiger partial charge in [0.15, 0.2) is 0 Å². The zero-order valence-electron chi connectivity index (χ0n) is 11.1. The van der Waals surface area contributed by atoms with E-state index in [9.17, 15) is 9.90 Å². The Labute approximate surface area is 128 Å². The topological polar surface area (TPSA) is 61.4 Å². The zero-order chi connectivity index (χ0) is 14.6. The summed E-state index contributed by atoms with van der Waals surface area (Å²) in [6.45, 7) is 0.176. The second-order valence-corrected chi connectivity index (χ2v) is 5.96. The van der Waals surface area contributed by atoms with Gasteiger partial charge in [-0.15, -0.1) is 0 Å². The number of carbonyl (C=O) groups excluding carboxylic acids is 1. The molecule has 0 atom stereocenters. The summed E-state index contributed by atoms with van der Waals surface area (Å²) in [6.07, 6.45) is 3.93. The van der Waals surface area contributed by atoms with E-state index in [4.69, 9.17) is 23.2 Å². The summed E-state index contributed by atoms with van der Waals surface area (Å²) in [5, 5.41) is 16.1. The van der Waals surface area contributed by atoms with E-state index in [-0.39, 0.29) is 24.6 Å². The lowest BCUT2D eigenvalue weighted by Gasteiger charge is -2.27. The summed E-state index contributed by atoms with van der Waals surface area (Å²) in [5.74, 6) is -0.222. The van der Waals surface area contributed by atoms with E-state index in [2.05, 4.69) is 10.6 Å². The molecule has 1 aliphatic rings. The Balaban J connectivity index is 1.93. The highest BCUT2D eigenvalue weighted by Crippen LogP contribution is 2.30. The van der Waals surface area contributed by atoms with Crippen molar-refractivity contribution in [2.24, 2.45) is 0 Å². The molecule has 4 nitrogen and oxygen atoms in total. The SMILES string of the molecule is O=C(CNC1(CO)CCCC1)Nc1c(Cl)cccc1Cl. The highest BCUT2D eigenvalue weighted by molar-refractivity contribution is 6.39. The minimum Gasteiger partial charge on any atom is -0.394 e. The largest absolute Gasteiger partial charge is 0.394 e. The average molecular weight is 317 g/mol. The lowest BCUT2D eigenvalue weighted by molar-refractivity contribution is -0.115. The normalized spacial score (nSPS) is 17.1. The zero-order valence-corrected chi connectivity index (χ0v) is 12.6. The molecule has 20 heavy (non-hydrogen) atoms. The highest BCUT2D eigenvalue weighted by atomic mass is 35.5. The molecule has 0 saturated heterocycles. The third kappa shape index (κ3) is 3.64. The summed E-state index contributed by atoms with van der Waals surface area (Å²) < 4.78 is 0. The molecule has 6 heteroatoms. The van der Waals surface area contributed by atoms with Crippen molar-refractivity contribution in [3.8, 4) is 0 Å². The van der Waals surface area contributed by atoms with Gasteiger partial charge in [0.05, 0.1) is 28.9 Å². The quantitative estimate of drug-likeness (QED) is 0.782. The van der Waals surface area contributed by atoms with Crippen LogP contribution in [0.4, 0.5) is 5.69 Å². The average Bonchev–Trinajstić information content (AvgIpc) is 2.90. The smallest absolute Gasteiger partial charge is 0.238 e. The molecule has 1 aromatic carbocycles. The number of anilines is 1. The van der Waals surface area contributed by atoms with E-state index in [1.165, 1.54) is 0 Å². The van der Waals surface area contributed by atoms with Crippen molar-refractivity contribution < 1.29 is 9.90 Å². The lowest BCUT2D eigenvalue weighted by atomic mass is 9.99. The van der Waals surface area contributed by atoms with Crippen LogP contribution >= 0.6 is 23.2 Å². The number of hydrogen-bond acceptors (Lipinski definition) is 3. The fraction of sp³-hybridized carbons (Fsp3) is 0.500. The third-order valence-electron chi connectivity index (χ3n) is 3.71. The first-order chi connectivity index (χ1) is 9.56. The van der Waals surface area contributed by atoms with Crippen LogP contribution in [0.1, 0.15) is 25.7 Å². The van der Waals surface area contributed by atoms with Gasteiger partial charge >= 0.3 is 0 Å². The molecule has 0 radical (unpaired) electrons. The molecule has 1 saturated carbocycles. The first kappa shape index (κ1) is 15.6. The van der Waals surface area contributed by atoms with Crippen LogP contribution < -0.4 is 10.6 Å². The predicted octanol–water partition coefficient (Wildman–Crippen LogP) is 2.83. The van der Waals surface area contributed by atoms with Gasteiger partial charge in [-0.1, -0.05) is 42.1 Å². The maximum Gasteiger partial charge on any atom is 0.238 e. The molecule has 0 heterocycles. The second kappa shape index (κ2) is 6.76. The molecule has 0 bridgehead atoms. The van der Waals surface area contributed by atoms with Crippen molar-refractivity contribution in [3.05, 3.63) is 28.2 Å². The third-order valence-corrected chi connectivity index (χ3v) is 4.34. The van der Waals surface area contributed by atoms with Crippen LogP contribution in [0.5, 0.6) is 0 Å². The Morgan fingerprint density at radius 1 is 1.25 bits per heavy atom. The minimum absolute atomic E-state index is 0.0487. The summed E-state index contributed by atoms with van der Waals surface area (Å²) >= 11 is 12.0. The molecule has 1 aliphatic carbocycles. The second-order valence-electron chi connectivity index (χ2n) is 5.14. The Bertz CT molecular complexity index is 468. The molecular weight excluding hydrogens is 299 g/mol. The van der Waals surface area contributed by atoms with E-state index in [1.807, 2.05) is 0 Å². The van der Waals surface area contributed by atoms with E-state index >= 15 is 0 Å². The monoisotopic (exact) mass is 316 g/mol. The Hall–Kier alpha value is -0.810. The number of aliphatic hydroxyl groups is 1. The Morgan fingerprint density at radius 3 is 2.40 bits per heavy atom. The molecular formula is C14H18Cl2N2O2. The van der Waals surface area contributed by atoms with E-state index < -0.39 is 0 Å². The van der Waals surface area contributed by atoms with Crippen LogP contribution in [-0.2, 0) is 4.79 Å². The fourth-order valence-electron chi connectivity index (χ4n) is 2.51. The Kier molecular flexibility index (Phi) is 5.27. The van der Waals surface area contributed by atoms with Gasteiger partial charge in [0.25, 0.3) is 0 Å². The van der Waals surface area contributed by atoms with Gasteiger partial charge in [-0.05, 0) is 25.0 Å². The van der Waals surface area contributed by atoms with Crippen LogP contribution in [0.2, 0.25) is 10.0 Å². The van der Waals surface area contributed by atoms with E-state index in [0.717, 1.165) is 25.7 Å². The first-order valence-corrected chi connectivity index (χ1v) is 7.42. The van der Waals surface area contributed by atoms with Crippen molar-refractivity contribution in [2.75, 3.05) is 18.5 Å². The maximum absolute atomic E-state index is 12.0. The summed E-state index contributed by atoms with van der Waals surface area (Å²) in [5.41, 5.74) is 0.105. The molecule has 0 spiro atoms. The summed E-state index contributed by atoms with van der Waals surface area (Å²) in [6, 6.07) is 5.06. The number of rotatable bonds is 5. The van der Waals surface area contributed by atoms with Gasteiger partial charge in [0.2, 0.25) is 5.91 Å². The van der Waals surface area contributed by atoms with Crippen molar-refractivity contribution in [3.63, 3.8) is 0 Å². The number of nitrogens with one attached hydrogen (secondary N) is 2. The Morgan fingerprint density at radius 2 is 1.85 bits per heavy atom. The van der Waals surface area contributed by atoms with Crippen molar-refractivity contribution >= 4 is 34.8 Å². The summed E-state index contributed by atoms with van der Waals surface area (Å²) in [4.78, 5) is 12.0. The van der Waals surface area contributed by atoms with Gasteiger partial charge in [-0.2, -0.15) is 0 Å². The molecule has 3 N–H and O–H groups in total. The van der Waals surface area contributed by atoms with Crippen LogP contribution in [0, 0.1) is 0 Å². The molecule has 0 aliphatic heterocycles. The van der Waals surface area contributed by atoms with Crippen LogP contribution in [-0.4, -0.2) is 29.7 Å². The van der Waals surface area contributed by atoms with Crippen molar-refractivity contribution in [1.82, 2.24) is 5.32 Å². The van der Waals surface area contributed by atoms with Gasteiger partial charge in [-0.25, -0.2) is 0 Å². The number of amides is 1. The van der Waals surface area contributed by atoms with Gasteiger partial charge in [0.1, 0.15) is 0 Å². The first-order valence-electron chi connectivity index (χ1n) is 6.66. The van der Waals surface area contributed by atoms with Gasteiger partial charge in [0, 0.05) is 5.54 Å². The lowest BCUT2D eigenvalue weighted by Crippen LogP contribution is -2.49. The van der Waals surface area contributed by atoms with Crippen molar-refractivity contribution in [2.45, 2.75) is 31.2 Å². The number of benzene rings is 1. The fourth-order valence-corrected chi connectivity index (χ4v) is 3.00. The van der Waals surface area contributed by atoms with Crippen LogP contribution in [0.25, 0.3) is 0 Å². The molecule has 0 aromatic heterocycles. The number of para-hydroxylation sites is 1. The maximum atomic E-state index is 12.0. The molecule has 1 aromatic rings. The number of hydrogen-bond donors (Lipinski definition) is 3. The number of halogens is 2. The van der Waals surface area contributed by atoms with E-state index in [0.29, 0.717) is 15.7 Å². The van der Waals surface area contributed by atoms with Gasteiger partial charge in [-0.3, -0.25) is 4.79 Å². The molecule has 1 fully saturated rings. The van der Waals surface area contributed by atoms with Crippen molar-refractivity contribution in [1.29, 1.82) is 0 Å². The van der Waals surface area contributed by atoms with E-state index in [1.54, 1.807) is 18.2 Å². The number of aliphatic hydroxyl groups excluding tert-OH is 1. The molecule has 1 amide bonds. The summed E-state index contributed by atoms with van der Waals surface area (Å²) in [7, 11) is 0. The molecule has 0 unspecified atom stereocenters. The molecule has 2 rings (SSSR count). The van der Waals surface area contributed by atoms with Gasteiger partial charge < -0.3 is 15.7 Å².